The second-order valence-corrected chi connectivity index (χ2v) is 4.72. The highest BCUT2D eigenvalue weighted by atomic mass is 19.1. The van der Waals surface area contributed by atoms with Crippen LogP contribution < -0.4 is 10.1 Å². The molecule has 0 heterocycles. The molecule has 1 rings (SSSR count). The van der Waals surface area contributed by atoms with E-state index in [4.69, 9.17) is 9.84 Å². The van der Waals surface area contributed by atoms with Crippen molar-refractivity contribution in [2.45, 2.75) is 38.6 Å². The van der Waals surface area contributed by atoms with Crippen LogP contribution in [0.15, 0.2) is 18.2 Å². The van der Waals surface area contributed by atoms with E-state index in [0.717, 1.165) is 0 Å². The van der Waals surface area contributed by atoms with Gasteiger partial charge >= 0.3 is 5.97 Å². The summed E-state index contributed by atoms with van der Waals surface area (Å²) in [6.07, 6.45) is 1.50. The van der Waals surface area contributed by atoms with Crippen molar-refractivity contribution in [3.8, 4) is 5.75 Å². The minimum atomic E-state index is -1.04. The maximum absolute atomic E-state index is 13.5. The fourth-order valence-corrected chi connectivity index (χ4v) is 1.94. The molecule has 1 atom stereocenters. The number of amides is 1. The minimum absolute atomic E-state index is 0.110. The van der Waals surface area contributed by atoms with Crippen LogP contribution in [0.2, 0.25) is 0 Å². The van der Waals surface area contributed by atoms with Crippen LogP contribution in [0.5, 0.6) is 5.75 Å². The molecule has 116 valence electrons. The number of benzene rings is 1. The summed E-state index contributed by atoms with van der Waals surface area (Å²) in [5, 5.41) is 11.4. The van der Waals surface area contributed by atoms with Crippen molar-refractivity contribution in [2.75, 3.05) is 7.11 Å². The van der Waals surface area contributed by atoms with Gasteiger partial charge in [0, 0.05) is 6.42 Å². The largest absolute Gasteiger partial charge is 0.494 e. The first-order valence-electron chi connectivity index (χ1n) is 6.82. The van der Waals surface area contributed by atoms with Crippen LogP contribution >= 0.6 is 0 Å². The number of carboxylic acid groups (broad SMARTS) is 1. The van der Waals surface area contributed by atoms with Crippen LogP contribution in [-0.4, -0.2) is 30.1 Å². The molecule has 1 aromatic rings. The average Bonchev–Trinajstić information content (AvgIpc) is 2.44. The molecule has 1 unspecified atom stereocenters. The van der Waals surface area contributed by atoms with Gasteiger partial charge in [-0.25, -0.2) is 9.18 Å². The Morgan fingerprint density at radius 3 is 2.67 bits per heavy atom. The number of aryl methyl sites for hydroxylation is 1. The number of aliphatic carboxylic acids is 1. The van der Waals surface area contributed by atoms with Gasteiger partial charge in [0.2, 0.25) is 5.91 Å². The third-order valence-corrected chi connectivity index (χ3v) is 3.07. The fourth-order valence-electron chi connectivity index (χ4n) is 1.94. The summed E-state index contributed by atoms with van der Waals surface area (Å²) in [6.45, 7) is 1.85. The summed E-state index contributed by atoms with van der Waals surface area (Å²) in [5.74, 6) is -1.73. The van der Waals surface area contributed by atoms with Crippen molar-refractivity contribution < 1.29 is 23.8 Å². The fraction of sp³-hybridized carbons (Fsp3) is 0.467. The molecule has 6 heteroatoms. The molecule has 5 nitrogen and oxygen atoms in total. The Bertz CT molecular complexity index is 504. The number of carboxylic acids is 1. The molecule has 0 aliphatic heterocycles. The summed E-state index contributed by atoms with van der Waals surface area (Å²) in [7, 11) is 1.38. The number of rotatable bonds is 8. The van der Waals surface area contributed by atoms with E-state index in [0.29, 0.717) is 24.8 Å². The molecular formula is C15H20FNO4. The molecule has 21 heavy (non-hydrogen) atoms. The predicted octanol–water partition coefficient (Wildman–Crippen LogP) is 2.14. The van der Waals surface area contributed by atoms with E-state index in [1.54, 1.807) is 6.07 Å². The first-order valence-corrected chi connectivity index (χ1v) is 6.82. The second kappa shape index (κ2) is 8.24. The average molecular weight is 297 g/mol. The lowest BCUT2D eigenvalue weighted by atomic mass is 10.1. The zero-order chi connectivity index (χ0) is 15.8. The van der Waals surface area contributed by atoms with Crippen LogP contribution in [0.3, 0.4) is 0 Å². The van der Waals surface area contributed by atoms with E-state index in [2.05, 4.69) is 5.32 Å². The van der Waals surface area contributed by atoms with Crippen LogP contribution in [0.1, 0.15) is 31.7 Å². The van der Waals surface area contributed by atoms with Gasteiger partial charge in [-0.2, -0.15) is 0 Å². The molecule has 0 radical (unpaired) electrons. The first kappa shape index (κ1) is 16.9. The lowest BCUT2D eigenvalue weighted by Crippen LogP contribution is -2.40. The molecule has 0 saturated heterocycles. The smallest absolute Gasteiger partial charge is 0.326 e. The number of ether oxygens (including phenoxy) is 1. The first-order chi connectivity index (χ1) is 9.97. The monoisotopic (exact) mass is 297 g/mol. The molecule has 0 aliphatic rings. The summed E-state index contributed by atoms with van der Waals surface area (Å²) in [5.41, 5.74) is 0.658. The Balaban J connectivity index is 2.52. The number of halogens is 1. The van der Waals surface area contributed by atoms with Crippen molar-refractivity contribution in [3.05, 3.63) is 29.6 Å². The van der Waals surface area contributed by atoms with Crippen LogP contribution in [0, 0.1) is 5.82 Å². The number of methoxy groups -OCH3 is 1. The Morgan fingerprint density at radius 1 is 1.43 bits per heavy atom. The third kappa shape index (κ3) is 5.41. The van der Waals surface area contributed by atoms with Crippen molar-refractivity contribution >= 4 is 11.9 Å². The van der Waals surface area contributed by atoms with Crippen molar-refractivity contribution in [1.82, 2.24) is 5.32 Å². The van der Waals surface area contributed by atoms with Gasteiger partial charge < -0.3 is 15.2 Å². The van der Waals surface area contributed by atoms with Crippen LogP contribution in [0.25, 0.3) is 0 Å². The normalized spacial score (nSPS) is 11.8. The molecule has 0 spiro atoms. The highest BCUT2D eigenvalue weighted by Gasteiger charge is 2.18. The van der Waals surface area contributed by atoms with Crippen molar-refractivity contribution in [3.63, 3.8) is 0 Å². The van der Waals surface area contributed by atoms with E-state index >= 15 is 0 Å². The Kier molecular flexibility index (Phi) is 6.65. The lowest BCUT2D eigenvalue weighted by molar-refractivity contribution is -0.142. The van der Waals surface area contributed by atoms with E-state index < -0.39 is 17.8 Å². The van der Waals surface area contributed by atoms with Crippen LogP contribution in [0.4, 0.5) is 4.39 Å². The quantitative estimate of drug-likeness (QED) is 0.771. The van der Waals surface area contributed by atoms with E-state index in [1.165, 1.54) is 19.2 Å². The lowest BCUT2D eigenvalue weighted by Gasteiger charge is -2.13. The van der Waals surface area contributed by atoms with Crippen LogP contribution in [-0.2, 0) is 16.0 Å². The summed E-state index contributed by atoms with van der Waals surface area (Å²) < 4.78 is 18.3. The van der Waals surface area contributed by atoms with Gasteiger partial charge in [0.15, 0.2) is 11.6 Å². The maximum Gasteiger partial charge on any atom is 0.326 e. The molecule has 0 aromatic heterocycles. The minimum Gasteiger partial charge on any atom is -0.494 e. The van der Waals surface area contributed by atoms with Gasteiger partial charge in [-0.3, -0.25) is 4.79 Å². The zero-order valence-electron chi connectivity index (χ0n) is 12.2. The Hall–Kier alpha value is -2.11. The van der Waals surface area contributed by atoms with E-state index in [9.17, 15) is 14.0 Å². The van der Waals surface area contributed by atoms with E-state index in [-0.39, 0.29) is 18.1 Å². The SMILES string of the molecule is CCCC(NC(=O)CCc1ccc(OC)c(F)c1)C(=O)O. The number of hydrogen-bond acceptors (Lipinski definition) is 3. The third-order valence-electron chi connectivity index (χ3n) is 3.07. The molecule has 0 aliphatic carbocycles. The van der Waals surface area contributed by atoms with Gasteiger partial charge in [-0.05, 0) is 30.5 Å². The number of hydrogen-bond donors (Lipinski definition) is 2. The summed E-state index contributed by atoms with van der Waals surface area (Å²) >= 11 is 0. The summed E-state index contributed by atoms with van der Waals surface area (Å²) in [6, 6.07) is 3.62. The molecule has 1 aromatic carbocycles. The number of carbonyl (C=O) groups is 2. The molecular weight excluding hydrogens is 277 g/mol. The molecule has 0 saturated carbocycles. The Labute approximate surface area is 123 Å². The van der Waals surface area contributed by atoms with Gasteiger partial charge in [0.25, 0.3) is 0 Å². The Morgan fingerprint density at radius 2 is 2.14 bits per heavy atom. The van der Waals surface area contributed by atoms with Crippen molar-refractivity contribution in [2.24, 2.45) is 0 Å². The van der Waals surface area contributed by atoms with Gasteiger partial charge in [-0.1, -0.05) is 19.4 Å². The highest BCUT2D eigenvalue weighted by molar-refractivity contribution is 5.83. The van der Waals surface area contributed by atoms with Gasteiger partial charge in [0.05, 0.1) is 7.11 Å². The zero-order valence-corrected chi connectivity index (χ0v) is 12.2. The molecule has 0 bridgehead atoms. The van der Waals surface area contributed by atoms with Gasteiger partial charge in [0.1, 0.15) is 6.04 Å². The highest BCUT2D eigenvalue weighted by Crippen LogP contribution is 2.18. The number of nitrogens with one attached hydrogen (secondary N) is 1. The number of carbonyl (C=O) groups excluding carboxylic acids is 1. The summed E-state index contributed by atoms with van der Waals surface area (Å²) in [4.78, 5) is 22.7. The predicted molar refractivity (Wildman–Crippen MR) is 75.7 cm³/mol. The molecule has 1 amide bonds. The maximum atomic E-state index is 13.5. The van der Waals surface area contributed by atoms with Gasteiger partial charge in [-0.15, -0.1) is 0 Å². The van der Waals surface area contributed by atoms with E-state index in [1.807, 2.05) is 6.92 Å². The second-order valence-electron chi connectivity index (χ2n) is 4.72. The van der Waals surface area contributed by atoms with Crippen molar-refractivity contribution in [1.29, 1.82) is 0 Å². The standard InChI is InChI=1S/C15H20FNO4/c1-3-4-12(15(19)20)17-14(18)8-6-10-5-7-13(21-2)11(16)9-10/h5,7,9,12H,3-4,6,8H2,1-2H3,(H,17,18)(H,19,20). The molecule has 0 fully saturated rings. The molecule has 2 N–H and O–H groups in total. The topological polar surface area (TPSA) is 75.6 Å².